The zero-order chi connectivity index (χ0) is 14.7. The highest BCUT2D eigenvalue weighted by Crippen LogP contribution is 2.19. The number of aliphatic imine (C=N–C) groups is 1. The van der Waals surface area contributed by atoms with Crippen molar-refractivity contribution in [3.05, 3.63) is 65.7 Å². The van der Waals surface area contributed by atoms with E-state index in [1.807, 2.05) is 30.3 Å². The third kappa shape index (κ3) is 2.79. The second-order valence-electron chi connectivity index (χ2n) is 4.72. The van der Waals surface area contributed by atoms with Gasteiger partial charge in [0.2, 0.25) is 5.90 Å². The van der Waals surface area contributed by atoms with Crippen LogP contribution in [0.2, 0.25) is 0 Å². The first-order valence-electron chi connectivity index (χ1n) is 6.72. The van der Waals surface area contributed by atoms with E-state index in [0.717, 1.165) is 5.56 Å². The second-order valence-corrected chi connectivity index (χ2v) is 4.72. The predicted octanol–water partition coefficient (Wildman–Crippen LogP) is 2.72. The predicted molar refractivity (Wildman–Crippen MR) is 80.0 cm³/mol. The third-order valence-electron chi connectivity index (χ3n) is 3.33. The summed E-state index contributed by atoms with van der Waals surface area (Å²) in [5.41, 5.74) is 1.47. The van der Waals surface area contributed by atoms with Crippen molar-refractivity contribution >= 4 is 11.7 Å². The van der Waals surface area contributed by atoms with E-state index in [1.165, 1.54) is 0 Å². The maximum atomic E-state index is 12.4. The van der Waals surface area contributed by atoms with Crippen molar-refractivity contribution < 1.29 is 14.3 Å². The molecule has 2 aromatic carbocycles. The van der Waals surface area contributed by atoms with Crippen LogP contribution in [-0.4, -0.2) is 31.4 Å². The molecular formula is C17H15NO3. The number of hydrogen-bond acceptors (Lipinski definition) is 4. The van der Waals surface area contributed by atoms with Gasteiger partial charge in [-0.3, -0.25) is 4.79 Å². The van der Waals surface area contributed by atoms with Gasteiger partial charge in [0, 0.05) is 11.1 Å². The van der Waals surface area contributed by atoms with E-state index in [0.29, 0.717) is 17.2 Å². The molecule has 4 nitrogen and oxygen atoms in total. The van der Waals surface area contributed by atoms with Crippen LogP contribution in [0.4, 0.5) is 0 Å². The smallest absolute Gasteiger partial charge is 0.217 e. The highest BCUT2D eigenvalue weighted by molar-refractivity contribution is 6.05. The number of nitrogens with zero attached hydrogens (tertiary/aromatic N) is 1. The lowest BCUT2D eigenvalue weighted by atomic mass is 10.1. The largest absolute Gasteiger partial charge is 0.497 e. The van der Waals surface area contributed by atoms with Crippen molar-refractivity contribution in [2.24, 2.45) is 4.99 Å². The fourth-order valence-electron chi connectivity index (χ4n) is 2.22. The summed E-state index contributed by atoms with van der Waals surface area (Å²) >= 11 is 0. The molecule has 3 rings (SSSR count). The van der Waals surface area contributed by atoms with Crippen molar-refractivity contribution in [1.29, 1.82) is 0 Å². The number of carbonyl (C=O) groups excluding carboxylic acids is 1. The maximum Gasteiger partial charge on any atom is 0.217 e. The zero-order valence-corrected chi connectivity index (χ0v) is 11.7. The van der Waals surface area contributed by atoms with E-state index in [2.05, 4.69) is 4.99 Å². The van der Waals surface area contributed by atoms with Crippen LogP contribution in [0.25, 0.3) is 0 Å². The Morgan fingerprint density at radius 3 is 2.76 bits per heavy atom. The lowest BCUT2D eigenvalue weighted by molar-refractivity contribution is 0.0947. The lowest BCUT2D eigenvalue weighted by Gasteiger charge is -2.06. The molecular weight excluding hydrogens is 266 g/mol. The first-order valence-corrected chi connectivity index (χ1v) is 6.72. The van der Waals surface area contributed by atoms with Crippen LogP contribution in [0.15, 0.2) is 59.6 Å². The molecule has 0 aromatic heterocycles. The highest BCUT2D eigenvalue weighted by atomic mass is 16.5. The van der Waals surface area contributed by atoms with E-state index in [4.69, 9.17) is 9.47 Å². The van der Waals surface area contributed by atoms with Gasteiger partial charge in [-0.15, -0.1) is 0 Å². The number of methoxy groups -OCH3 is 1. The van der Waals surface area contributed by atoms with E-state index in [9.17, 15) is 4.79 Å². The molecule has 0 aliphatic carbocycles. The van der Waals surface area contributed by atoms with E-state index < -0.39 is 6.04 Å². The molecule has 4 heteroatoms. The molecule has 21 heavy (non-hydrogen) atoms. The van der Waals surface area contributed by atoms with Crippen LogP contribution >= 0.6 is 0 Å². The summed E-state index contributed by atoms with van der Waals surface area (Å²) in [6.07, 6.45) is 0. The monoisotopic (exact) mass is 281 g/mol. The lowest BCUT2D eigenvalue weighted by Crippen LogP contribution is -2.20. The van der Waals surface area contributed by atoms with E-state index in [-0.39, 0.29) is 12.4 Å². The van der Waals surface area contributed by atoms with Crippen molar-refractivity contribution in [2.45, 2.75) is 6.04 Å². The molecule has 0 amide bonds. The summed E-state index contributed by atoms with van der Waals surface area (Å²) in [4.78, 5) is 16.8. The average molecular weight is 281 g/mol. The Morgan fingerprint density at radius 2 is 2.00 bits per heavy atom. The molecule has 106 valence electrons. The van der Waals surface area contributed by atoms with Gasteiger partial charge in [0.25, 0.3) is 0 Å². The van der Waals surface area contributed by atoms with Gasteiger partial charge < -0.3 is 9.47 Å². The molecule has 2 aromatic rings. The summed E-state index contributed by atoms with van der Waals surface area (Å²) in [6.45, 7) is 0.278. The summed E-state index contributed by atoms with van der Waals surface area (Å²) in [5.74, 6) is 1.13. The van der Waals surface area contributed by atoms with E-state index in [1.54, 1.807) is 31.4 Å². The fourth-order valence-corrected chi connectivity index (χ4v) is 2.22. The molecule has 0 saturated carbocycles. The standard InChI is InChI=1S/C17H15NO3/c1-20-14-9-5-8-13(10-14)16(19)15-11-21-17(18-15)12-6-3-2-4-7-12/h2-10,15H,11H2,1H3. The summed E-state index contributed by atoms with van der Waals surface area (Å²) in [5, 5.41) is 0. The molecule has 1 aliphatic heterocycles. The van der Waals surface area contributed by atoms with Gasteiger partial charge in [0.05, 0.1) is 7.11 Å². The SMILES string of the molecule is COc1cccc(C(=O)C2COC(c3ccccc3)=N2)c1. The van der Waals surface area contributed by atoms with Crippen LogP contribution in [0.5, 0.6) is 5.75 Å². The molecule has 1 heterocycles. The maximum absolute atomic E-state index is 12.4. The summed E-state index contributed by atoms with van der Waals surface area (Å²) < 4.78 is 10.7. The van der Waals surface area contributed by atoms with Crippen molar-refractivity contribution in [3.63, 3.8) is 0 Å². The second kappa shape index (κ2) is 5.79. The van der Waals surface area contributed by atoms with Crippen LogP contribution in [0.1, 0.15) is 15.9 Å². The first-order chi connectivity index (χ1) is 10.3. The van der Waals surface area contributed by atoms with Gasteiger partial charge in [-0.1, -0.05) is 30.3 Å². The number of benzene rings is 2. The van der Waals surface area contributed by atoms with Gasteiger partial charge in [0.1, 0.15) is 12.4 Å². The molecule has 1 unspecified atom stereocenters. The topological polar surface area (TPSA) is 47.9 Å². The first kappa shape index (κ1) is 13.4. The van der Waals surface area contributed by atoms with Crippen LogP contribution in [0, 0.1) is 0 Å². The van der Waals surface area contributed by atoms with Gasteiger partial charge in [-0.25, -0.2) is 4.99 Å². The quantitative estimate of drug-likeness (QED) is 0.810. The molecule has 0 radical (unpaired) electrons. The molecule has 0 bridgehead atoms. The van der Waals surface area contributed by atoms with Crippen molar-refractivity contribution in [3.8, 4) is 5.75 Å². The van der Waals surface area contributed by atoms with Gasteiger partial charge in [0.15, 0.2) is 11.8 Å². The van der Waals surface area contributed by atoms with Crippen LogP contribution in [0.3, 0.4) is 0 Å². The number of ketones is 1. The average Bonchev–Trinajstić information content (AvgIpc) is 3.05. The number of hydrogen-bond donors (Lipinski definition) is 0. The number of Topliss-reactive ketones (excluding diaryl/α,β-unsaturated/α-hetero) is 1. The van der Waals surface area contributed by atoms with Gasteiger partial charge in [-0.05, 0) is 24.3 Å². The molecule has 0 N–H and O–H groups in total. The minimum Gasteiger partial charge on any atom is -0.497 e. The van der Waals surface area contributed by atoms with Crippen LogP contribution in [-0.2, 0) is 4.74 Å². The Balaban J connectivity index is 1.82. The minimum absolute atomic E-state index is 0.0557. The number of ether oxygens (including phenoxy) is 2. The number of rotatable bonds is 4. The van der Waals surface area contributed by atoms with E-state index >= 15 is 0 Å². The Labute approximate surface area is 123 Å². The van der Waals surface area contributed by atoms with Crippen molar-refractivity contribution in [1.82, 2.24) is 0 Å². The fraction of sp³-hybridized carbons (Fsp3) is 0.176. The molecule has 0 spiro atoms. The normalized spacial score (nSPS) is 17.0. The molecule has 1 atom stereocenters. The Kier molecular flexibility index (Phi) is 3.69. The minimum atomic E-state index is -0.493. The molecule has 0 saturated heterocycles. The third-order valence-corrected chi connectivity index (χ3v) is 3.33. The van der Waals surface area contributed by atoms with Gasteiger partial charge in [-0.2, -0.15) is 0 Å². The Morgan fingerprint density at radius 1 is 1.19 bits per heavy atom. The summed E-state index contributed by atoms with van der Waals surface area (Å²) in [6, 6.07) is 16.2. The molecule has 1 aliphatic rings. The Hall–Kier alpha value is -2.62. The Bertz CT molecular complexity index is 679. The van der Waals surface area contributed by atoms with Crippen LogP contribution < -0.4 is 4.74 Å². The van der Waals surface area contributed by atoms with Gasteiger partial charge >= 0.3 is 0 Å². The van der Waals surface area contributed by atoms with Crippen molar-refractivity contribution in [2.75, 3.05) is 13.7 Å². The number of carbonyl (C=O) groups is 1. The summed E-state index contributed by atoms with van der Waals surface area (Å²) in [7, 11) is 1.58. The highest BCUT2D eigenvalue weighted by Gasteiger charge is 2.27. The molecule has 0 fully saturated rings. The zero-order valence-electron chi connectivity index (χ0n) is 11.7.